The zero-order chi connectivity index (χ0) is 51.4. The Morgan fingerprint density at radius 3 is 1.84 bits per heavy atom. The number of carboxylic acid groups (broad SMARTS) is 2. The zero-order valence-corrected chi connectivity index (χ0v) is 37.9. The second-order valence-corrected chi connectivity index (χ2v) is 17.3. The van der Waals surface area contributed by atoms with Crippen molar-refractivity contribution in [2.24, 2.45) is 0 Å². The minimum atomic E-state index is -3.15. The van der Waals surface area contributed by atoms with Gasteiger partial charge in [0, 0.05) is 26.2 Å². The molecule has 3 saturated heterocycles. The van der Waals surface area contributed by atoms with E-state index in [4.69, 9.17) is 33.2 Å². The smallest absolute Gasteiger partial charge is 0.407 e. The van der Waals surface area contributed by atoms with Crippen LogP contribution in [0.2, 0.25) is 0 Å². The van der Waals surface area contributed by atoms with Crippen LogP contribution in [0.4, 0.5) is 4.79 Å². The Balaban J connectivity index is 1.22. The summed E-state index contributed by atoms with van der Waals surface area (Å²) in [4.78, 5) is 63.5. The molecule has 26 nitrogen and oxygen atoms in total. The summed E-state index contributed by atoms with van der Waals surface area (Å²) < 4.78 is 40.2. The van der Waals surface area contributed by atoms with Gasteiger partial charge < -0.3 is 105 Å². The standard InChI is InChI=1S/C44H59N3O23/c1-17(29(39(59)60)47-43(63)64-16-24-22-10-6-4-8-20(22)21-9-5-7-11-23(21)24)65-40-31(46-19(3)52)36(33(56)27(14-49)66-40)68-41-35(58)38(34(57)28(15-50)67-41)70-44(42(61)62)12-25(53)30(45-18(2)51)37(69-44)32(55)26(54)13-48/h4-11,17,24-38,40-41,48-50,53-58H,12-16H2,1-3H3,(H,45,51)(H,46,52)(H,47,63)(H,59,60)(H,61,62)/t17-,25+,26-,27-,28-,29+,30-,31-,32-,33+,34+,35-,36-,37-,38+,40+,41+,44+/m1/s1. The third kappa shape index (κ3) is 11.5. The van der Waals surface area contributed by atoms with Crippen LogP contribution in [0.1, 0.15) is 44.2 Å². The summed E-state index contributed by atoms with van der Waals surface area (Å²) in [5.41, 5.74) is 3.68. The number of benzene rings is 2. The molecule has 3 aliphatic heterocycles. The molecule has 1 aliphatic carbocycles. The van der Waals surface area contributed by atoms with Crippen molar-refractivity contribution in [3.8, 4) is 11.1 Å². The first-order chi connectivity index (χ1) is 33.2. The molecule has 2 aromatic rings. The van der Waals surface area contributed by atoms with Crippen molar-refractivity contribution in [3.05, 3.63) is 59.7 Å². The number of carbonyl (C=O) groups excluding carboxylic acids is 3. The Labute approximate surface area is 398 Å². The predicted octanol–water partition coefficient (Wildman–Crippen LogP) is -4.67. The Bertz CT molecular complexity index is 2120. The van der Waals surface area contributed by atoms with Crippen molar-refractivity contribution in [2.45, 2.75) is 143 Å². The van der Waals surface area contributed by atoms with E-state index >= 15 is 0 Å². The van der Waals surface area contributed by atoms with Gasteiger partial charge in [0.25, 0.3) is 5.79 Å². The largest absolute Gasteiger partial charge is 0.480 e. The van der Waals surface area contributed by atoms with Crippen LogP contribution in [-0.2, 0) is 52.3 Å². The van der Waals surface area contributed by atoms with Crippen LogP contribution in [0.5, 0.6) is 0 Å². The summed E-state index contributed by atoms with van der Waals surface area (Å²) in [5.74, 6) is -8.78. The normalized spacial score (nSPS) is 33.6. The first-order valence-corrected chi connectivity index (χ1v) is 22.2. The molecular weight excluding hydrogens is 938 g/mol. The second kappa shape index (κ2) is 23.0. The quantitative estimate of drug-likeness (QED) is 0.0629. The van der Waals surface area contributed by atoms with Gasteiger partial charge in [0.15, 0.2) is 18.6 Å². The second-order valence-electron chi connectivity index (χ2n) is 17.3. The number of aliphatic hydroxyl groups is 9. The number of ether oxygens (including phenoxy) is 7. The van der Waals surface area contributed by atoms with Crippen molar-refractivity contribution in [1.29, 1.82) is 0 Å². The number of amides is 3. The van der Waals surface area contributed by atoms with Gasteiger partial charge in [-0.2, -0.15) is 0 Å². The van der Waals surface area contributed by atoms with Crippen LogP contribution in [-0.4, -0.2) is 222 Å². The molecule has 70 heavy (non-hydrogen) atoms. The van der Waals surface area contributed by atoms with Crippen molar-refractivity contribution in [2.75, 3.05) is 26.4 Å². The fourth-order valence-electron chi connectivity index (χ4n) is 9.10. The molecule has 6 rings (SSSR count). The molecule has 0 spiro atoms. The highest BCUT2D eigenvalue weighted by Gasteiger charge is 2.60. The molecule has 0 radical (unpaired) electrons. The van der Waals surface area contributed by atoms with E-state index in [1.165, 1.54) is 6.92 Å². The number of rotatable bonds is 19. The van der Waals surface area contributed by atoms with E-state index in [0.29, 0.717) is 0 Å². The summed E-state index contributed by atoms with van der Waals surface area (Å²) in [6.07, 6.45) is -30.1. The average Bonchev–Trinajstić information content (AvgIpc) is 3.64. The molecule has 2 aromatic carbocycles. The third-order valence-electron chi connectivity index (χ3n) is 12.6. The molecule has 0 bridgehead atoms. The summed E-state index contributed by atoms with van der Waals surface area (Å²) in [6, 6.07) is 9.85. The minimum absolute atomic E-state index is 0.175. The molecule has 388 valence electrons. The predicted molar refractivity (Wildman–Crippen MR) is 230 cm³/mol. The fraction of sp³-hybridized carbons (Fsp3) is 0.614. The SMILES string of the molecule is CC(=O)N[C@H]1[C@@H](O[C@H](C)[C@H](NC(=O)OCC2c3ccccc3-c3ccccc32)C(=O)O)O[C@H](CO)[C@H](O)[C@@H]1O[C@@H]1O[C@H](CO)[C@H](O)[C@H](O[C@]2(C(=O)O)C[C@H](O)[C@@H](NC(C)=O)[C@H]([C@H](O)[C@H](O)CO)O2)[C@H]1O. The maximum Gasteiger partial charge on any atom is 0.407 e. The molecule has 4 aliphatic rings. The molecule has 18 atom stereocenters. The van der Waals surface area contributed by atoms with E-state index in [0.717, 1.165) is 36.1 Å². The van der Waals surface area contributed by atoms with Crippen molar-refractivity contribution >= 4 is 29.8 Å². The van der Waals surface area contributed by atoms with Gasteiger partial charge in [-0.25, -0.2) is 14.4 Å². The van der Waals surface area contributed by atoms with E-state index < -0.39 is 166 Å². The number of alkyl carbamates (subject to hydrolysis) is 1. The highest BCUT2D eigenvalue weighted by atomic mass is 16.8. The lowest BCUT2D eigenvalue weighted by Gasteiger charge is -2.51. The molecular formula is C44H59N3O23. The lowest BCUT2D eigenvalue weighted by molar-refractivity contribution is -0.382. The lowest BCUT2D eigenvalue weighted by atomic mass is 9.88. The van der Waals surface area contributed by atoms with E-state index in [-0.39, 0.29) is 12.5 Å². The summed E-state index contributed by atoms with van der Waals surface area (Å²) in [7, 11) is 0. The number of hydrogen-bond donors (Lipinski definition) is 14. The number of carboxylic acids is 2. The highest BCUT2D eigenvalue weighted by molar-refractivity contribution is 5.81. The maximum absolute atomic E-state index is 13.2. The molecule has 0 unspecified atom stereocenters. The topological polar surface area (TPSA) is 409 Å². The summed E-state index contributed by atoms with van der Waals surface area (Å²) in [6.45, 7) is -0.0708. The van der Waals surface area contributed by atoms with E-state index in [2.05, 4.69) is 16.0 Å². The van der Waals surface area contributed by atoms with Crippen molar-refractivity contribution in [3.63, 3.8) is 0 Å². The molecule has 0 aromatic heterocycles. The first kappa shape index (κ1) is 54.3. The molecule has 0 saturated carbocycles. The Morgan fingerprint density at radius 2 is 1.31 bits per heavy atom. The summed E-state index contributed by atoms with van der Waals surface area (Å²) in [5, 5.41) is 124. The van der Waals surface area contributed by atoms with Crippen molar-refractivity contribution < 1.29 is 113 Å². The zero-order valence-electron chi connectivity index (χ0n) is 37.9. The van der Waals surface area contributed by atoms with Crippen LogP contribution >= 0.6 is 0 Å². The Kier molecular flexibility index (Phi) is 17.9. The average molecular weight is 998 g/mol. The molecule has 26 heteroatoms. The van der Waals surface area contributed by atoms with E-state index in [1.54, 1.807) is 0 Å². The molecule has 3 heterocycles. The molecule has 14 N–H and O–H groups in total. The van der Waals surface area contributed by atoms with Gasteiger partial charge in [0.1, 0.15) is 73.7 Å². The van der Waals surface area contributed by atoms with Crippen LogP contribution < -0.4 is 16.0 Å². The lowest BCUT2D eigenvalue weighted by Crippen LogP contribution is -2.71. The number of nitrogens with one attached hydrogen (secondary N) is 3. The van der Waals surface area contributed by atoms with Crippen LogP contribution in [0.3, 0.4) is 0 Å². The Morgan fingerprint density at radius 1 is 0.771 bits per heavy atom. The third-order valence-corrected chi connectivity index (χ3v) is 12.6. The van der Waals surface area contributed by atoms with Crippen LogP contribution in [0.15, 0.2) is 48.5 Å². The number of fused-ring (bicyclic) bond motifs is 3. The van der Waals surface area contributed by atoms with Gasteiger partial charge in [-0.1, -0.05) is 48.5 Å². The van der Waals surface area contributed by atoms with Crippen LogP contribution in [0, 0.1) is 0 Å². The molecule has 3 amide bonds. The highest BCUT2D eigenvalue weighted by Crippen LogP contribution is 2.45. The van der Waals surface area contributed by atoms with Crippen molar-refractivity contribution in [1.82, 2.24) is 16.0 Å². The van der Waals surface area contributed by atoms with Gasteiger partial charge in [-0.05, 0) is 29.2 Å². The first-order valence-electron chi connectivity index (χ1n) is 22.2. The van der Waals surface area contributed by atoms with Gasteiger partial charge in [0.05, 0.1) is 38.1 Å². The minimum Gasteiger partial charge on any atom is -0.480 e. The van der Waals surface area contributed by atoms with Gasteiger partial charge >= 0.3 is 18.0 Å². The Hall–Kier alpha value is -5.01. The van der Waals surface area contributed by atoms with Gasteiger partial charge in [-0.3, -0.25) is 9.59 Å². The van der Waals surface area contributed by atoms with E-state index in [1.807, 2.05) is 48.5 Å². The maximum atomic E-state index is 13.2. The van der Waals surface area contributed by atoms with Crippen LogP contribution in [0.25, 0.3) is 11.1 Å². The number of aliphatic hydroxyl groups excluding tert-OH is 9. The number of hydrogen-bond acceptors (Lipinski definition) is 21. The fourth-order valence-corrected chi connectivity index (χ4v) is 9.10. The summed E-state index contributed by atoms with van der Waals surface area (Å²) >= 11 is 0. The van der Waals surface area contributed by atoms with Gasteiger partial charge in [-0.15, -0.1) is 0 Å². The van der Waals surface area contributed by atoms with E-state index in [9.17, 15) is 80.1 Å². The van der Waals surface area contributed by atoms with Gasteiger partial charge in [0.2, 0.25) is 11.8 Å². The number of carbonyl (C=O) groups is 5. The monoisotopic (exact) mass is 997 g/mol. The molecule has 3 fully saturated rings. The number of aliphatic carboxylic acids is 2.